The number of carbonyl (C=O) groups is 1. The molecule has 1 aliphatic rings. The third kappa shape index (κ3) is 6.27. The topological polar surface area (TPSA) is 151 Å². The Labute approximate surface area is 217 Å². The monoisotopic (exact) mass is 521 g/mol. The van der Waals surface area contributed by atoms with E-state index in [9.17, 15) is 24.8 Å². The number of hydrogen-bond donors (Lipinski definition) is 2. The van der Waals surface area contributed by atoms with Crippen LogP contribution in [0.3, 0.4) is 0 Å². The molecule has 1 amide bonds. The van der Waals surface area contributed by atoms with E-state index >= 15 is 0 Å². The molecule has 0 spiro atoms. The maximum Gasteiger partial charge on any atom is 0.395 e. The predicted octanol–water partition coefficient (Wildman–Crippen LogP) is 2.68. The molecule has 3 aromatic rings. The number of rotatable bonds is 9. The van der Waals surface area contributed by atoms with Crippen molar-refractivity contribution in [1.29, 1.82) is 0 Å². The van der Waals surface area contributed by atoms with Crippen molar-refractivity contribution < 1.29 is 24.3 Å². The number of aromatic amines is 1. The first-order valence-corrected chi connectivity index (χ1v) is 12.0. The van der Waals surface area contributed by atoms with Crippen LogP contribution in [0.15, 0.2) is 53.3 Å². The summed E-state index contributed by atoms with van der Waals surface area (Å²) in [6.07, 6.45) is 2.96. The molecule has 0 radical (unpaired) electrons. The number of carbonyl (C=O) groups excluding carboxylic acids is 1. The number of ether oxygens (including phenoxy) is 2. The van der Waals surface area contributed by atoms with Gasteiger partial charge >= 0.3 is 11.2 Å². The fourth-order valence-electron chi connectivity index (χ4n) is 3.99. The number of piperazine rings is 1. The number of aromatic nitrogens is 2. The minimum Gasteiger partial charge on any atom is -0.490 e. The van der Waals surface area contributed by atoms with Crippen LogP contribution in [0, 0.1) is 10.1 Å². The normalized spacial score (nSPS) is 13.5. The molecule has 2 aromatic carbocycles. The Kier molecular flexibility index (Phi) is 8.21. The molecule has 0 aliphatic carbocycles. The zero-order valence-electron chi connectivity index (χ0n) is 20.7. The zero-order chi connectivity index (χ0) is 27.1. The van der Waals surface area contributed by atoms with E-state index in [4.69, 9.17) is 9.47 Å². The van der Waals surface area contributed by atoms with Crippen molar-refractivity contribution >= 4 is 29.4 Å². The second-order valence-electron chi connectivity index (χ2n) is 8.35. The van der Waals surface area contributed by atoms with E-state index in [1.54, 1.807) is 29.2 Å². The second kappa shape index (κ2) is 11.9. The molecule has 2 heterocycles. The minimum absolute atomic E-state index is 0.0608. The number of benzene rings is 2. The number of hydrogen-bond acceptors (Lipinski definition) is 9. The molecule has 2 N–H and O–H groups in total. The van der Waals surface area contributed by atoms with Gasteiger partial charge in [0.15, 0.2) is 18.1 Å². The van der Waals surface area contributed by atoms with Gasteiger partial charge in [-0.2, -0.15) is 4.98 Å². The molecule has 198 valence electrons. The Balaban J connectivity index is 1.38. The Bertz CT molecular complexity index is 1380. The van der Waals surface area contributed by atoms with Crippen LogP contribution in [0.2, 0.25) is 0 Å². The highest BCUT2D eigenvalue weighted by molar-refractivity contribution is 5.78. The van der Waals surface area contributed by atoms with Gasteiger partial charge in [0.05, 0.1) is 11.5 Å². The number of amides is 1. The van der Waals surface area contributed by atoms with E-state index in [-0.39, 0.29) is 18.3 Å². The largest absolute Gasteiger partial charge is 0.490 e. The lowest BCUT2D eigenvalue weighted by atomic mass is 10.2. The van der Waals surface area contributed by atoms with Gasteiger partial charge in [0, 0.05) is 31.9 Å². The summed E-state index contributed by atoms with van der Waals surface area (Å²) in [6, 6.07) is 15.1. The maximum atomic E-state index is 12.8. The van der Waals surface area contributed by atoms with Crippen molar-refractivity contribution in [3.63, 3.8) is 0 Å². The smallest absolute Gasteiger partial charge is 0.395 e. The van der Waals surface area contributed by atoms with Gasteiger partial charge in [0.2, 0.25) is 0 Å². The first-order valence-electron chi connectivity index (χ1n) is 12.0. The molecular weight excluding hydrogens is 494 g/mol. The second-order valence-corrected chi connectivity index (χ2v) is 8.35. The Morgan fingerprint density at radius 2 is 1.84 bits per heavy atom. The first-order chi connectivity index (χ1) is 18.4. The standard InChI is InChI=1S/C26H27N5O7/c1-2-37-21-16-18(9-11-22-27-25(33)24(31(35)36)26(34)28-22)8-10-20(21)38-17-23(32)30-14-12-29(13-15-30)19-6-4-3-5-7-19/h3-11,16H,2,12-15,17H2,1H3,(H2,27,28,33,34)/b11-9+. The van der Waals surface area contributed by atoms with Crippen LogP contribution in [0.1, 0.15) is 18.3 Å². The lowest BCUT2D eigenvalue weighted by Gasteiger charge is -2.36. The van der Waals surface area contributed by atoms with E-state index in [2.05, 4.69) is 27.0 Å². The van der Waals surface area contributed by atoms with Gasteiger partial charge in [-0.3, -0.25) is 19.7 Å². The maximum absolute atomic E-state index is 12.8. The SMILES string of the molecule is CCOc1cc(/C=C/c2nc(O)c([N+](=O)[O-])c(=O)[nH]2)ccc1OCC(=O)N1CCN(c2ccccc2)CC1. The summed E-state index contributed by atoms with van der Waals surface area (Å²) in [5.74, 6) is -0.320. The highest BCUT2D eigenvalue weighted by Gasteiger charge is 2.23. The fraction of sp³-hybridized carbons (Fsp3) is 0.269. The van der Waals surface area contributed by atoms with Gasteiger partial charge in [-0.25, -0.2) is 0 Å². The highest BCUT2D eigenvalue weighted by atomic mass is 16.6. The van der Waals surface area contributed by atoms with Crippen LogP contribution in [-0.2, 0) is 4.79 Å². The lowest BCUT2D eigenvalue weighted by molar-refractivity contribution is -0.387. The van der Waals surface area contributed by atoms with E-state index in [1.807, 2.05) is 25.1 Å². The van der Waals surface area contributed by atoms with Crippen LogP contribution in [0.4, 0.5) is 11.4 Å². The van der Waals surface area contributed by atoms with Crippen molar-refractivity contribution in [2.45, 2.75) is 6.92 Å². The van der Waals surface area contributed by atoms with E-state index < -0.39 is 22.0 Å². The molecule has 1 fully saturated rings. The molecule has 1 aromatic heterocycles. The number of nitrogens with one attached hydrogen (secondary N) is 1. The van der Waals surface area contributed by atoms with Gasteiger partial charge in [-0.05, 0) is 42.8 Å². The van der Waals surface area contributed by atoms with Crippen molar-refractivity contribution in [2.75, 3.05) is 44.3 Å². The van der Waals surface area contributed by atoms with Gasteiger partial charge in [-0.1, -0.05) is 30.3 Å². The molecular formula is C26H27N5O7. The van der Waals surface area contributed by atoms with Crippen LogP contribution >= 0.6 is 0 Å². The average Bonchev–Trinajstić information content (AvgIpc) is 2.91. The molecule has 0 atom stereocenters. The fourth-order valence-corrected chi connectivity index (χ4v) is 3.99. The van der Waals surface area contributed by atoms with Gasteiger partial charge in [0.1, 0.15) is 5.82 Å². The lowest BCUT2D eigenvalue weighted by Crippen LogP contribution is -2.50. The minimum atomic E-state index is -1.06. The summed E-state index contributed by atoms with van der Waals surface area (Å²) in [5.41, 5.74) is -0.300. The summed E-state index contributed by atoms with van der Waals surface area (Å²) in [5, 5.41) is 20.5. The van der Waals surface area contributed by atoms with Crippen molar-refractivity contribution in [3.8, 4) is 17.4 Å². The Morgan fingerprint density at radius 1 is 1.11 bits per heavy atom. The van der Waals surface area contributed by atoms with Crippen LogP contribution < -0.4 is 19.9 Å². The molecule has 1 aliphatic heterocycles. The van der Waals surface area contributed by atoms with E-state index in [0.29, 0.717) is 36.8 Å². The summed E-state index contributed by atoms with van der Waals surface area (Å²) in [6.45, 7) is 4.75. The molecule has 4 rings (SSSR count). The molecule has 38 heavy (non-hydrogen) atoms. The third-order valence-corrected chi connectivity index (χ3v) is 5.88. The van der Waals surface area contributed by atoms with Crippen molar-refractivity contribution in [1.82, 2.24) is 14.9 Å². The van der Waals surface area contributed by atoms with Crippen LogP contribution in [0.25, 0.3) is 12.2 Å². The molecule has 12 heteroatoms. The number of nitrogens with zero attached hydrogens (tertiary/aromatic N) is 4. The third-order valence-electron chi connectivity index (χ3n) is 5.88. The van der Waals surface area contributed by atoms with Crippen molar-refractivity contribution in [3.05, 3.63) is 80.4 Å². The molecule has 0 unspecified atom stereocenters. The van der Waals surface area contributed by atoms with Crippen LogP contribution in [-0.4, -0.2) is 70.2 Å². The quantitative estimate of drug-likeness (QED) is 0.320. The number of para-hydroxylation sites is 1. The summed E-state index contributed by atoms with van der Waals surface area (Å²) >= 11 is 0. The first kappa shape index (κ1) is 26.2. The van der Waals surface area contributed by atoms with Gasteiger partial charge < -0.3 is 29.4 Å². The Hall–Kier alpha value is -4.87. The van der Waals surface area contributed by atoms with Gasteiger partial charge in [-0.15, -0.1) is 0 Å². The summed E-state index contributed by atoms with van der Waals surface area (Å²) in [7, 11) is 0. The highest BCUT2D eigenvalue weighted by Crippen LogP contribution is 2.29. The predicted molar refractivity (Wildman–Crippen MR) is 140 cm³/mol. The van der Waals surface area contributed by atoms with Crippen LogP contribution in [0.5, 0.6) is 17.4 Å². The molecule has 1 saturated heterocycles. The van der Waals surface area contributed by atoms with Gasteiger partial charge in [0.25, 0.3) is 11.8 Å². The Morgan fingerprint density at radius 3 is 2.50 bits per heavy atom. The molecule has 0 saturated carbocycles. The van der Waals surface area contributed by atoms with E-state index in [0.717, 1.165) is 18.8 Å². The molecule has 12 nitrogen and oxygen atoms in total. The number of aromatic hydroxyl groups is 1. The van der Waals surface area contributed by atoms with Crippen molar-refractivity contribution in [2.24, 2.45) is 0 Å². The molecule has 0 bridgehead atoms. The zero-order valence-corrected chi connectivity index (χ0v) is 20.7. The number of H-pyrrole nitrogens is 1. The summed E-state index contributed by atoms with van der Waals surface area (Å²) in [4.78, 5) is 44.3. The number of nitro groups is 1. The average molecular weight is 522 g/mol. The number of anilines is 1. The summed E-state index contributed by atoms with van der Waals surface area (Å²) < 4.78 is 11.5. The van der Waals surface area contributed by atoms with E-state index in [1.165, 1.54) is 6.08 Å².